The van der Waals surface area contributed by atoms with E-state index in [0.29, 0.717) is 19.8 Å². The van der Waals surface area contributed by atoms with E-state index >= 15 is 0 Å². The van der Waals surface area contributed by atoms with E-state index in [4.69, 9.17) is 14.2 Å². The van der Waals surface area contributed by atoms with Crippen molar-refractivity contribution in [3.05, 3.63) is 0 Å². The maximum atomic E-state index is 11.7. The van der Waals surface area contributed by atoms with Crippen molar-refractivity contribution >= 4 is 24.6 Å². The van der Waals surface area contributed by atoms with Crippen LogP contribution >= 0.6 is 12.6 Å². The van der Waals surface area contributed by atoms with Gasteiger partial charge in [-0.15, -0.1) is 12.6 Å². The van der Waals surface area contributed by atoms with Gasteiger partial charge in [0.25, 0.3) is 5.91 Å². The van der Waals surface area contributed by atoms with Gasteiger partial charge in [0.15, 0.2) is 5.37 Å². The van der Waals surface area contributed by atoms with Crippen molar-refractivity contribution in [3.8, 4) is 0 Å². The van der Waals surface area contributed by atoms with Crippen molar-refractivity contribution in [2.75, 3.05) is 26.4 Å². The molecule has 1 atom stereocenters. The molecule has 1 aliphatic rings. The molecule has 1 aliphatic heterocycles. The molecule has 0 radical (unpaired) electrons. The van der Waals surface area contributed by atoms with E-state index < -0.39 is 23.3 Å². The first-order chi connectivity index (χ1) is 8.99. The third kappa shape index (κ3) is 3.82. The maximum absolute atomic E-state index is 11.7. The predicted molar refractivity (Wildman–Crippen MR) is 70.6 cm³/mol. The van der Waals surface area contributed by atoms with Gasteiger partial charge in [-0.05, 0) is 20.8 Å². The largest absolute Gasteiger partial charge is 0.326 e. The molecule has 19 heavy (non-hydrogen) atoms. The van der Waals surface area contributed by atoms with Gasteiger partial charge in [0.05, 0.1) is 0 Å². The minimum Gasteiger partial charge on any atom is -0.326 e. The molecule has 1 saturated heterocycles. The highest BCUT2D eigenvalue weighted by molar-refractivity contribution is 7.81. The topological polar surface area (TPSA) is 77.1 Å². The van der Waals surface area contributed by atoms with Gasteiger partial charge in [-0.1, -0.05) is 0 Å². The molecule has 0 bridgehead atoms. The number of amides is 3. The lowest BCUT2D eigenvalue weighted by atomic mass is 10.4. The van der Waals surface area contributed by atoms with Crippen LogP contribution in [0, 0.1) is 0 Å². The van der Waals surface area contributed by atoms with Crippen LogP contribution in [0.1, 0.15) is 20.8 Å². The second-order valence-electron chi connectivity index (χ2n) is 3.78. The van der Waals surface area contributed by atoms with Crippen LogP contribution in [-0.2, 0) is 19.0 Å². The lowest BCUT2D eigenvalue weighted by Crippen LogP contribution is -2.51. The van der Waals surface area contributed by atoms with E-state index in [1.807, 2.05) is 0 Å². The van der Waals surface area contributed by atoms with E-state index in [1.165, 1.54) is 4.90 Å². The van der Waals surface area contributed by atoms with Crippen molar-refractivity contribution in [1.29, 1.82) is 0 Å². The van der Waals surface area contributed by atoms with E-state index in [9.17, 15) is 9.59 Å². The first-order valence-corrected chi connectivity index (χ1v) is 6.72. The zero-order chi connectivity index (χ0) is 14.5. The standard InChI is InChI=1S/C11H20N2O5S/c1-4-16-11(17-5-2,18-6-3)7-13-9(19)8(14)12-10(13)15/h9,19H,4-7H2,1-3H3,(H,12,14,15). The van der Waals surface area contributed by atoms with E-state index in [-0.39, 0.29) is 6.54 Å². The molecule has 7 nitrogen and oxygen atoms in total. The molecule has 0 aliphatic carbocycles. The Hall–Kier alpha value is -0.830. The predicted octanol–water partition coefficient (Wildman–Crippen LogP) is 0.557. The fourth-order valence-corrected chi connectivity index (χ4v) is 2.03. The molecule has 1 unspecified atom stereocenters. The van der Waals surface area contributed by atoms with Crippen LogP contribution in [0.2, 0.25) is 0 Å². The number of hydrogen-bond donors (Lipinski definition) is 2. The van der Waals surface area contributed by atoms with Crippen molar-refractivity contribution in [3.63, 3.8) is 0 Å². The fourth-order valence-electron chi connectivity index (χ4n) is 1.78. The average molecular weight is 292 g/mol. The quantitative estimate of drug-likeness (QED) is 0.388. The summed E-state index contributed by atoms with van der Waals surface area (Å²) in [6.07, 6.45) is 0. The molecule has 1 fully saturated rings. The van der Waals surface area contributed by atoms with Gasteiger partial charge in [0, 0.05) is 19.8 Å². The summed E-state index contributed by atoms with van der Waals surface area (Å²) in [5, 5.41) is 1.30. The molecular weight excluding hydrogens is 272 g/mol. The third-order valence-corrected chi connectivity index (χ3v) is 2.99. The van der Waals surface area contributed by atoms with Crippen LogP contribution in [-0.4, -0.2) is 54.6 Å². The van der Waals surface area contributed by atoms with Gasteiger partial charge in [0.2, 0.25) is 0 Å². The van der Waals surface area contributed by atoms with Gasteiger partial charge in [-0.25, -0.2) is 4.79 Å². The fraction of sp³-hybridized carbons (Fsp3) is 0.818. The second-order valence-corrected chi connectivity index (χ2v) is 4.27. The average Bonchev–Trinajstić information content (AvgIpc) is 2.57. The number of carbonyl (C=O) groups is 2. The Balaban J connectivity index is 2.86. The smallest absolute Gasteiger partial charge is 0.325 e. The number of urea groups is 1. The van der Waals surface area contributed by atoms with Crippen LogP contribution in [0.15, 0.2) is 0 Å². The number of hydrogen-bond acceptors (Lipinski definition) is 6. The van der Waals surface area contributed by atoms with Crippen LogP contribution in [0.3, 0.4) is 0 Å². The molecule has 1 rings (SSSR count). The van der Waals surface area contributed by atoms with Crippen molar-refractivity contribution in [1.82, 2.24) is 10.2 Å². The summed E-state index contributed by atoms with van der Waals surface area (Å²) in [4.78, 5) is 24.3. The van der Waals surface area contributed by atoms with E-state index in [0.717, 1.165) is 0 Å². The minimum atomic E-state index is -1.37. The monoisotopic (exact) mass is 292 g/mol. The first kappa shape index (κ1) is 16.2. The summed E-state index contributed by atoms with van der Waals surface area (Å²) in [6, 6.07) is -0.534. The Morgan fingerprint density at radius 3 is 1.95 bits per heavy atom. The highest BCUT2D eigenvalue weighted by Gasteiger charge is 2.44. The summed E-state index contributed by atoms with van der Waals surface area (Å²) in [6.45, 7) is 6.39. The first-order valence-electron chi connectivity index (χ1n) is 6.21. The number of nitrogens with zero attached hydrogens (tertiary/aromatic N) is 1. The lowest BCUT2D eigenvalue weighted by Gasteiger charge is -2.35. The lowest BCUT2D eigenvalue weighted by molar-refractivity contribution is -0.378. The Morgan fingerprint density at radius 1 is 1.16 bits per heavy atom. The highest BCUT2D eigenvalue weighted by Crippen LogP contribution is 2.22. The Bertz CT molecular complexity index is 322. The Morgan fingerprint density at radius 2 is 1.63 bits per heavy atom. The molecular formula is C11H20N2O5S. The molecule has 1 N–H and O–H groups in total. The SMILES string of the molecule is CCOC(CN1C(=O)NC(=O)C1S)(OCC)OCC. The highest BCUT2D eigenvalue weighted by atomic mass is 32.1. The molecule has 0 saturated carbocycles. The number of rotatable bonds is 8. The molecule has 0 aromatic carbocycles. The van der Waals surface area contributed by atoms with Crippen LogP contribution in [0.5, 0.6) is 0 Å². The van der Waals surface area contributed by atoms with Gasteiger partial charge in [0.1, 0.15) is 6.54 Å². The number of ether oxygens (including phenoxy) is 3. The molecule has 8 heteroatoms. The van der Waals surface area contributed by atoms with Crippen molar-refractivity contribution in [2.45, 2.75) is 32.1 Å². The number of carbonyl (C=O) groups excluding carboxylic acids is 2. The number of imide groups is 1. The molecule has 110 valence electrons. The van der Waals surface area contributed by atoms with Crippen LogP contribution in [0.4, 0.5) is 4.79 Å². The van der Waals surface area contributed by atoms with Gasteiger partial charge < -0.3 is 14.2 Å². The zero-order valence-corrected chi connectivity index (χ0v) is 12.2. The molecule has 0 aromatic heterocycles. The minimum absolute atomic E-state index is 0.0335. The second kappa shape index (κ2) is 7.09. The normalized spacial score (nSPS) is 20.0. The van der Waals surface area contributed by atoms with Gasteiger partial charge >= 0.3 is 12.0 Å². The molecule has 1 heterocycles. The summed E-state index contributed by atoms with van der Waals surface area (Å²) in [7, 11) is 0. The van der Waals surface area contributed by atoms with E-state index in [2.05, 4.69) is 17.9 Å². The summed E-state index contributed by atoms with van der Waals surface area (Å²) in [5.41, 5.74) is 0. The number of nitrogens with one attached hydrogen (secondary N) is 1. The maximum Gasteiger partial charge on any atom is 0.325 e. The summed E-state index contributed by atoms with van der Waals surface area (Å²) < 4.78 is 16.5. The van der Waals surface area contributed by atoms with Crippen LogP contribution in [0.25, 0.3) is 0 Å². The molecule has 3 amide bonds. The van der Waals surface area contributed by atoms with Crippen molar-refractivity contribution < 1.29 is 23.8 Å². The third-order valence-electron chi connectivity index (χ3n) is 2.48. The van der Waals surface area contributed by atoms with E-state index in [1.54, 1.807) is 20.8 Å². The van der Waals surface area contributed by atoms with Gasteiger partial charge in [-0.3, -0.25) is 15.0 Å². The summed E-state index contributed by atoms with van der Waals surface area (Å²) in [5.74, 6) is -1.84. The Kier molecular flexibility index (Phi) is 6.05. The molecule has 0 aromatic rings. The van der Waals surface area contributed by atoms with Crippen molar-refractivity contribution in [2.24, 2.45) is 0 Å². The molecule has 0 spiro atoms. The Labute approximate surface area is 118 Å². The summed E-state index contributed by atoms with van der Waals surface area (Å²) >= 11 is 4.08. The number of thiol groups is 1. The van der Waals surface area contributed by atoms with Crippen LogP contribution < -0.4 is 5.32 Å². The van der Waals surface area contributed by atoms with Gasteiger partial charge in [-0.2, -0.15) is 0 Å². The zero-order valence-electron chi connectivity index (χ0n) is 11.3.